The molecule has 2 heterocycles. The van der Waals surface area contributed by atoms with Gasteiger partial charge in [-0.1, -0.05) is 25.0 Å². The molecule has 2 aromatic carbocycles. The van der Waals surface area contributed by atoms with Crippen LogP contribution in [0.3, 0.4) is 0 Å². The van der Waals surface area contributed by atoms with Gasteiger partial charge in [-0.2, -0.15) is 13.2 Å². The lowest BCUT2D eigenvalue weighted by molar-refractivity contribution is -0.143. The van der Waals surface area contributed by atoms with Gasteiger partial charge >= 0.3 is 11.8 Å². The summed E-state index contributed by atoms with van der Waals surface area (Å²) in [6.45, 7) is 2.82. The Morgan fingerprint density at radius 2 is 2.00 bits per heavy atom. The Kier molecular flexibility index (Phi) is 7.46. The number of hydrogen-bond donors (Lipinski definition) is 1. The summed E-state index contributed by atoms with van der Waals surface area (Å²) < 4.78 is 50.1. The van der Waals surface area contributed by atoms with Crippen LogP contribution in [0.5, 0.6) is 5.75 Å². The second-order valence-electron chi connectivity index (χ2n) is 10.8. The van der Waals surface area contributed by atoms with E-state index >= 15 is 0 Å². The number of likely N-dealkylation sites (tertiary alicyclic amines) is 1. The van der Waals surface area contributed by atoms with Crippen molar-refractivity contribution in [3.63, 3.8) is 0 Å². The van der Waals surface area contributed by atoms with E-state index in [2.05, 4.69) is 0 Å². The lowest BCUT2D eigenvalue weighted by Gasteiger charge is -2.47. The van der Waals surface area contributed by atoms with Crippen molar-refractivity contribution < 1.29 is 32.2 Å². The molecule has 0 bridgehead atoms. The van der Waals surface area contributed by atoms with Gasteiger partial charge in [0.2, 0.25) is 5.91 Å². The number of rotatable bonds is 6. The molecule has 2 atom stereocenters. The van der Waals surface area contributed by atoms with Gasteiger partial charge in [0.05, 0.1) is 11.2 Å². The number of alkyl halides is 3. The van der Waals surface area contributed by atoms with E-state index in [0.29, 0.717) is 47.4 Å². The molecule has 1 aromatic heterocycles. The molecule has 1 saturated carbocycles. The Labute approximate surface area is 224 Å². The number of carbonyl (C=O) groups is 1. The van der Waals surface area contributed by atoms with Crippen LogP contribution < -0.4 is 10.4 Å². The van der Waals surface area contributed by atoms with Crippen molar-refractivity contribution in [1.29, 1.82) is 0 Å². The van der Waals surface area contributed by atoms with E-state index in [1.165, 1.54) is 6.07 Å². The maximum absolute atomic E-state index is 13.0. The average molecular weight is 544 g/mol. The second-order valence-corrected chi connectivity index (χ2v) is 10.8. The summed E-state index contributed by atoms with van der Waals surface area (Å²) in [4.78, 5) is 27.6. The van der Waals surface area contributed by atoms with Gasteiger partial charge in [0.15, 0.2) is 0 Å². The van der Waals surface area contributed by atoms with Crippen molar-refractivity contribution in [2.75, 3.05) is 13.1 Å². The molecule has 9 heteroatoms. The number of nitrogens with zero attached hydrogens (tertiary/aromatic N) is 1. The van der Waals surface area contributed by atoms with Gasteiger partial charge in [-0.05, 0) is 68.0 Å². The highest BCUT2D eigenvalue weighted by molar-refractivity contribution is 5.83. The summed E-state index contributed by atoms with van der Waals surface area (Å²) in [6, 6.07) is 9.89. The van der Waals surface area contributed by atoms with Crippen LogP contribution in [0.15, 0.2) is 51.7 Å². The summed E-state index contributed by atoms with van der Waals surface area (Å²) >= 11 is 0. The van der Waals surface area contributed by atoms with Gasteiger partial charge in [0, 0.05) is 42.4 Å². The number of hydrogen-bond acceptors (Lipinski definition) is 5. The lowest BCUT2D eigenvalue weighted by Crippen LogP contribution is -2.54. The fourth-order valence-electron chi connectivity index (χ4n) is 5.94. The van der Waals surface area contributed by atoms with E-state index in [9.17, 15) is 27.9 Å². The molecule has 1 amide bonds. The van der Waals surface area contributed by atoms with Crippen LogP contribution in [-0.2, 0) is 24.0 Å². The molecular weight excluding hydrogens is 511 g/mol. The number of aliphatic hydroxyl groups is 1. The molecule has 2 aliphatic rings. The zero-order chi connectivity index (χ0) is 27.8. The van der Waals surface area contributed by atoms with E-state index < -0.39 is 23.0 Å². The second kappa shape index (κ2) is 10.7. The minimum atomic E-state index is -4.43. The van der Waals surface area contributed by atoms with Gasteiger partial charge in [-0.25, -0.2) is 4.79 Å². The van der Waals surface area contributed by atoms with Crippen molar-refractivity contribution in [1.82, 2.24) is 4.90 Å². The first kappa shape index (κ1) is 27.2. The molecular formula is C30H32F3NO5. The van der Waals surface area contributed by atoms with Crippen LogP contribution in [0.1, 0.15) is 60.8 Å². The van der Waals surface area contributed by atoms with Crippen LogP contribution in [0.4, 0.5) is 13.2 Å². The van der Waals surface area contributed by atoms with Gasteiger partial charge < -0.3 is 19.2 Å². The highest BCUT2D eigenvalue weighted by atomic mass is 19.4. The van der Waals surface area contributed by atoms with Crippen molar-refractivity contribution in [2.24, 2.45) is 5.92 Å². The third-order valence-electron chi connectivity index (χ3n) is 8.29. The van der Waals surface area contributed by atoms with E-state index in [-0.39, 0.29) is 31.3 Å². The average Bonchev–Trinajstić information content (AvgIpc) is 2.90. The Bertz CT molecular complexity index is 1430. The molecule has 5 rings (SSSR count). The summed E-state index contributed by atoms with van der Waals surface area (Å²) in [5.74, 6) is 0.444. The Morgan fingerprint density at radius 3 is 2.79 bits per heavy atom. The lowest BCUT2D eigenvalue weighted by atomic mass is 9.71. The molecule has 3 aromatic rings. The molecule has 0 unspecified atom stereocenters. The Hall–Kier alpha value is -3.33. The van der Waals surface area contributed by atoms with Crippen molar-refractivity contribution >= 4 is 16.9 Å². The SMILES string of the molecule is Cc1c(CCC(=O)N2CC[C@]3(O)CCCC[C@H]3C2)c(=O)oc2cc(OCc3cccc(C(F)(F)F)c3)ccc12. The molecule has 2 fully saturated rings. The van der Waals surface area contributed by atoms with Gasteiger partial charge in [0.25, 0.3) is 0 Å². The van der Waals surface area contributed by atoms with Crippen molar-refractivity contribution in [3.8, 4) is 5.75 Å². The fourth-order valence-corrected chi connectivity index (χ4v) is 5.94. The highest BCUT2D eigenvalue weighted by Gasteiger charge is 2.43. The molecule has 1 saturated heterocycles. The number of piperidine rings is 1. The van der Waals surface area contributed by atoms with Crippen LogP contribution in [0.2, 0.25) is 0 Å². The van der Waals surface area contributed by atoms with Gasteiger partial charge in [-0.15, -0.1) is 0 Å². The number of amides is 1. The number of benzene rings is 2. The zero-order valence-corrected chi connectivity index (χ0v) is 21.9. The molecule has 1 aliphatic carbocycles. The number of halogens is 3. The maximum atomic E-state index is 13.0. The molecule has 1 N–H and O–H groups in total. The van der Waals surface area contributed by atoms with Crippen molar-refractivity contribution in [2.45, 2.75) is 70.3 Å². The molecule has 208 valence electrons. The molecule has 6 nitrogen and oxygen atoms in total. The third-order valence-corrected chi connectivity index (χ3v) is 8.29. The molecule has 39 heavy (non-hydrogen) atoms. The third kappa shape index (κ3) is 5.83. The van der Waals surface area contributed by atoms with Crippen LogP contribution in [-0.4, -0.2) is 34.6 Å². The predicted molar refractivity (Wildman–Crippen MR) is 139 cm³/mol. The topological polar surface area (TPSA) is 80.0 Å². The quantitative estimate of drug-likeness (QED) is 0.399. The summed E-state index contributed by atoms with van der Waals surface area (Å²) in [5.41, 5.74) is -0.0842. The largest absolute Gasteiger partial charge is 0.489 e. The summed E-state index contributed by atoms with van der Waals surface area (Å²) in [5, 5.41) is 11.6. The van der Waals surface area contributed by atoms with Crippen LogP contribution in [0.25, 0.3) is 11.0 Å². The predicted octanol–water partition coefficient (Wildman–Crippen LogP) is 5.79. The summed E-state index contributed by atoms with van der Waals surface area (Å²) in [6.07, 6.45) is 0.429. The van der Waals surface area contributed by atoms with E-state index in [1.54, 1.807) is 24.3 Å². The minimum absolute atomic E-state index is 0.0279. The van der Waals surface area contributed by atoms with Crippen molar-refractivity contribution in [3.05, 3.63) is 75.1 Å². The Morgan fingerprint density at radius 1 is 1.18 bits per heavy atom. The number of ether oxygens (including phenoxy) is 1. The molecule has 0 spiro atoms. The highest BCUT2D eigenvalue weighted by Crippen LogP contribution is 2.40. The van der Waals surface area contributed by atoms with E-state index in [1.807, 2.05) is 11.8 Å². The fraction of sp³-hybridized carbons (Fsp3) is 0.467. The van der Waals surface area contributed by atoms with Gasteiger partial charge in [-0.3, -0.25) is 4.79 Å². The van der Waals surface area contributed by atoms with Crippen LogP contribution in [0, 0.1) is 12.8 Å². The minimum Gasteiger partial charge on any atom is -0.489 e. The van der Waals surface area contributed by atoms with E-state index in [4.69, 9.17) is 9.15 Å². The first-order valence-electron chi connectivity index (χ1n) is 13.4. The molecule has 0 radical (unpaired) electrons. The Balaban J connectivity index is 1.24. The first-order chi connectivity index (χ1) is 18.5. The zero-order valence-electron chi connectivity index (χ0n) is 21.9. The first-order valence-corrected chi connectivity index (χ1v) is 13.4. The van der Waals surface area contributed by atoms with E-state index in [0.717, 1.165) is 43.4 Å². The normalized spacial score (nSPS) is 21.6. The maximum Gasteiger partial charge on any atom is 0.416 e. The van der Waals surface area contributed by atoms with Gasteiger partial charge in [0.1, 0.15) is 17.9 Å². The molecule has 1 aliphatic heterocycles. The summed E-state index contributed by atoms with van der Waals surface area (Å²) in [7, 11) is 0. The monoisotopic (exact) mass is 543 g/mol. The number of aryl methyl sites for hydroxylation is 1. The standard InChI is InChI=1S/C30H32F3NO5/c1-19-24-9-8-23(38-18-20-5-4-7-21(15-20)30(31,32)33)16-26(24)39-28(36)25(19)10-11-27(35)34-14-13-29(37)12-3-2-6-22(29)17-34/h4-5,7-9,15-16,22,37H,2-3,6,10-14,17-18H2,1H3/t22-,29+/m0/s1. The smallest absolute Gasteiger partial charge is 0.416 e. The number of carbonyl (C=O) groups excluding carboxylic acids is 1. The van der Waals surface area contributed by atoms with Crippen LogP contribution >= 0.6 is 0 Å². The number of fused-ring (bicyclic) bond motifs is 2.